The summed E-state index contributed by atoms with van der Waals surface area (Å²) >= 11 is 6.03. The summed E-state index contributed by atoms with van der Waals surface area (Å²) in [4.78, 5) is 13.6. The third kappa shape index (κ3) is 5.64. The molecule has 29 heavy (non-hydrogen) atoms. The van der Waals surface area contributed by atoms with Gasteiger partial charge in [-0.1, -0.05) is 24.6 Å². The maximum absolute atomic E-state index is 11.3. The Hall–Kier alpha value is -2.24. The number of nitrogens with zero attached hydrogens (tertiary/aromatic N) is 1. The number of benzene rings is 2. The number of carboxylic acids is 1. The number of rotatable bonds is 7. The summed E-state index contributed by atoms with van der Waals surface area (Å²) in [5.74, 6) is -0.793. The van der Waals surface area contributed by atoms with Gasteiger partial charge in [-0.25, -0.2) is 0 Å². The average Bonchev–Trinajstić information content (AvgIpc) is 2.67. The van der Waals surface area contributed by atoms with Gasteiger partial charge in [-0.3, -0.25) is 4.79 Å². The Kier molecular flexibility index (Phi) is 7.04. The first-order chi connectivity index (χ1) is 13.9. The smallest absolute Gasteiger partial charge is 0.303 e. The molecule has 0 aliphatic carbocycles. The van der Waals surface area contributed by atoms with E-state index < -0.39 is 5.97 Å². The van der Waals surface area contributed by atoms with Gasteiger partial charge in [0, 0.05) is 23.8 Å². The lowest BCUT2D eigenvalue weighted by atomic mass is 9.92. The van der Waals surface area contributed by atoms with E-state index in [9.17, 15) is 9.90 Å². The maximum atomic E-state index is 11.3. The molecule has 0 spiro atoms. The standard InChI is InChI=1S/C23H29ClN2O3/c1-4-17(12-23(27)28)18-5-10-22(26-13-15(2)29-16(3)14-26)21(11-18)25-20-8-6-19(24)7-9-20/h5-11,15-17,25H,4,12-14H2,1-3H3,(H,27,28)/t15-,16+,17-/m1/s1. The lowest BCUT2D eigenvalue weighted by molar-refractivity contribution is -0.137. The third-order valence-corrected chi connectivity index (χ3v) is 5.54. The number of nitrogens with one attached hydrogen (secondary N) is 1. The number of anilines is 3. The van der Waals surface area contributed by atoms with Gasteiger partial charge in [-0.05, 0) is 68.1 Å². The topological polar surface area (TPSA) is 61.8 Å². The molecule has 0 saturated carbocycles. The van der Waals surface area contributed by atoms with Crippen LogP contribution in [0.1, 0.15) is 45.1 Å². The van der Waals surface area contributed by atoms with Crippen LogP contribution in [0.25, 0.3) is 0 Å². The molecule has 1 aliphatic rings. The van der Waals surface area contributed by atoms with Crippen molar-refractivity contribution in [2.24, 2.45) is 0 Å². The highest BCUT2D eigenvalue weighted by Gasteiger charge is 2.25. The largest absolute Gasteiger partial charge is 0.481 e. The molecule has 1 fully saturated rings. The van der Waals surface area contributed by atoms with Crippen molar-refractivity contribution in [2.75, 3.05) is 23.3 Å². The minimum Gasteiger partial charge on any atom is -0.481 e. The first-order valence-electron chi connectivity index (χ1n) is 10.1. The van der Waals surface area contributed by atoms with Crippen molar-refractivity contribution in [1.82, 2.24) is 0 Å². The predicted octanol–water partition coefficient (Wildman–Crippen LogP) is 5.67. The Bertz CT molecular complexity index is 831. The Morgan fingerprint density at radius 3 is 2.45 bits per heavy atom. The monoisotopic (exact) mass is 416 g/mol. The van der Waals surface area contributed by atoms with Crippen LogP contribution in [0.2, 0.25) is 5.02 Å². The highest BCUT2D eigenvalue weighted by Crippen LogP contribution is 2.35. The van der Waals surface area contributed by atoms with Crippen molar-refractivity contribution in [1.29, 1.82) is 0 Å². The molecule has 2 N–H and O–H groups in total. The highest BCUT2D eigenvalue weighted by atomic mass is 35.5. The molecular weight excluding hydrogens is 388 g/mol. The van der Waals surface area contributed by atoms with Gasteiger partial charge < -0.3 is 20.1 Å². The second kappa shape index (κ2) is 9.51. The zero-order valence-corrected chi connectivity index (χ0v) is 17.9. The molecular formula is C23H29ClN2O3. The Morgan fingerprint density at radius 2 is 1.86 bits per heavy atom. The average molecular weight is 417 g/mol. The van der Waals surface area contributed by atoms with Crippen LogP contribution in [0.5, 0.6) is 0 Å². The molecule has 0 amide bonds. The van der Waals surface area contributed by atoms with Crippen LogP contribution >= 0.6 is 11.6 Å². The summed E-state index contributed by atoms with van der Waals surface area (Å²) in [6, 6.07) is 13.8. The molecule has 1 saturated heterocycles. The van der Waals surface area contributed by atoms with E-state index in [4.69, 9.17) is 16.3 Å². The maximum Gasteiger partial charge on any atom is 0.303 e. The molecule has 0 aromatic heterocycles. The number of ether oxygens (including phenoxy) is 1. The normalized spacial score (nSPS) is 20.3. The summed E-state index contributed by atoms with van der Waals surface area (Å²) in [5, 5.41) is 13.5. The first-order valence-corrected chi connectivity index (χ1v) is 10.5. The molecule has 2 aromatic carbocycles. The van der Waals surface area contributed by atoms with E-state index in [0.29, 0.717) is 5.02 Å². The molecule has 1 aliphatic heterocycles. The van der Waals surface area contributed by atoms with E-state index in [1.165, 1.54) is 0 Å². The molecule has 0 bridgehead atoms. The van der Waals surface area contributed by atoms with Crippen LogP contribution in [0.15, 0.2) is 42.5 Å². The fourth-order valence-electron chi connectivity index (χ4n) is 3.96. The lowest BCUT2D eigenvalue weighted by Crippen LogP contribution is -2.45. The number of halogens is 1. The summed E-state index contributed by atoms with van der Waals surface area (Å²) in [5.41, 5.74) is 4.03. The summed E-state index contributed by atoms with van der Waals surface area (Å²) in [6.45, 7) is 7.82. The Labute approximate surface area is 177 Å². The van der Waals surface area contributed by atoms with Gasteiger partial charge in [-0.15, -0.1) is 0 Å². The van der Waals surface area contributed by atoms with E-state index in [2.05, 4.69) is 42.3 Å². The van der Waals surface area contributed by atoms with Crippen LogP contribution in [0.3, 0.4) is 0 Å². The third-order valence-electron chi connectivity index (χ3n) is 5.29. The highest BCUT2D eigenvalue weighted by molar-refractivity contribution is 6.30. The molecule has 0 radical (unpaired) electrons. The number of carbonyl (C=O) groups is 1. The minimum absolute atomic E-state index is 0.0187. The molecule has 2 aromatic rings. The first kappa shape index (κ1) is 21.5. The second-order valence-electron chi connectivity index (χ2n) is 7.77. The van der Waals surface area contributed by atoms with Gasteiger partial charge in [0.15, 0.2) is 0 Å². The SMILES string of the molecule is CC[C@H](CC(=O)O)c1ccc(N2C[C@@H](C)O[C@@H](C)C2)c(Nc2ccc(Cl)cc2)c1. The van der Waals surface area contributed by atoms with E-state index in [1.807, 2.05) is 31.2 Å². The van der Waals surface area contributed by atoms with Gasteiger partial charge in [-0.2, -0.15) is 0 Å². The van der Waals surface area contributed by atoms with Crippen LogP contribution in [0.4, 0.5) is 17.1 Å². The number of morpholine rings is 1. The van der Waals surface area contributed by atoms with Gasteiger partial charge >= 0.3 is 5.97 Å². The number of hydrogen-bond donors (Lipinski definition) is 2. The van der Waals surface area contributed by atoms with Gasteiger partial charge in [0.25, 0.3) is 0 Å². The van der Waals surface area contributed by atoms with Crippen LogP contribution in [-0.2, 0) is 9.53 Å². The van der Waals surface area contributed by atoms with Crippen molar-refractivity contribution in [3.8, 4) is 0 Å². The zero-order chi connectivity index (χ0) is 21.0. The van der Waals surface area contributed by atoms with Crippen LogP contribution in [0, 0.1) is 0 Å². The fourth-order valence-corrected chi connectivity index (χ4v) is 4.08. The van der Waals surface area contributed by atoms with Crippen molar-refractivity contribution < 1.29 is 14.6 Å². The Morgan fingerprint density at radius 1 is 1.21 bits per heavy atom. The molecule has 0 unspecified atom stereocenters. The van der Waals surface area contributed by atoms with Crippen molar-refractivity contribution in [2.45, 2.75) is 51.7 Å². The molecule has 3 rings (SSSR count). The number of carboxylic acid groups (broad SMARTS) is 1. The van der Waals surface area contributed by atoms with E-state index >= 15 is 0 Å². The predicted molar refractivity (Wildman–Crippen MR) is 119 cm³/mol. The van der Waals surface area contributed by atoms with Crippen molar-refractivity contribution >= 4 is 34.6 Å². The zero-order valence-electron chi connectivity index (χ0n) is 17.2. The summed E-state index contributed by atoms with van der Waals surface area (Å²) in [7, 11) is 0. The van der Waals surface area contributed by atoms with E-state index in [0.717, 1.165) is 42.1 Å². The number of aliphatic carboxylic acids is 1. The molecule has 6 heteroatoms. The summed E-state index contributed by atoms with van der Waals surface area (Å²) in [6.07, 6.45) is 1.20. The number of hydrogen-bond acceptors (Lipinski definition) is 4. The summed E-state index contributed by atoms with van der Waals surface area (Å²) < 4.78 is 5.89. The lowest BCUT2D eigenvalue weighted by Gasteiger charge is -2.38. The fraction of sp³-hybridized carbons (Fsp3) is 0.435. The van der Waals surface area contributed by atoms with Crippen LogP contribution < -0.4 is 10.2 Å². The quantitative estimate of drug-likeness (QED) is 0.609. The molecule has 1 heterocycles. The minimum atomic E-state index is -0.774. The van der Waals surface area contributed by atoms with Gasteiger partial charge in [0.2, 0.25) is 0 Å². The second-order valence-corrected chi connectivity index (χ2v) is 8.21. The van der Waals surface area contributed by atoms with Crippen molar-refractivity contribution in [3.63, 3.8) is 0 Å². The molecule has 156 valence electrons. The van der Waals surface area contributed by atoms with Gasteiger partial charge in [0.05, 0.1) is 30.0 Å². The van der Waals surface area contributed by atoms with Crippen molar-refractivity contribution in [3.05, 3.63) is 53.1 Å². The molecule has 3 atom stereocenters. The van der Waals surface area contributed by atoms with Gasteiger partial charge in [0.1, 0.15) is 0 Å². The van der Waals surface area contributed by atoms with E-state index in [1.54, 1.807) is 0 Å². The Balaban J connectivity index is 1.97. The van der Waals surface area contributed by atoms with E-state index in [-0.39, 0.29) is 24.5 Å². The molecule has 5 nitrogen and oxygen atoms in total. The van der Waals surface area contributed by atoms with Crippen LogP contribution in [-0.4, -0.2) is 36.4 Å².